The number of hydrogen-bond donors (Lipinski definition) is 1. The Morgan fingerprint density at radius 1 is 1.12 bits per heavy atom. The first kappa shape index (κ1) is 18.4. The number of nitrogens with two attached hydrogens (primary N) is 1. The minimum Gasteiger partial charge on any atom is -0.336 e. The molecule has 2 aromatic rings. The van der Waals surface area contributed by atoms with Crippen molar-refractivity contribution in [3.8, 4) is 0 Å². The molecule has 4 nitrogen and oxygen atoms in total. The van der Waals surface area contributed by atoms with Gasteiger partial charge in [0, 0.05) is 22.6 Å². The average Bonchev–Trinajstić information content (AvgIpc) is 2.67. The lowest BCUT2D eigenvalue weighted by Crippen LogP contribution is -2.85. The van der Waals surface area contributed by atoms with Gasteiger partial charge >= 0.3 is 0 Å². The Morgan fingerprint density at radius 3 is 2.64 bits per heavy atom. The third-order valence-electron chi connectivity index (χ3n) is 4.77. The zero-order valence-electron chi connectivity index (χ0n) is 14.6. The van der Waals surface area contributed by atoms with Gasteiger partial charge in [0.05, 0.1) is 17.1 Å². The number of hydrogen-bond acceptors (Lipinski definition) is 2. The van der Waals surface area contributed by atoms with Crippen LogP contribution in [-0.4, -0.2) is 22.0 Å². The summed E-state index contributed by atoms with van der Waals surface area (Å²) in [5.74, 6) is 0. The van der Waals surface area contributed by atoms with Crippen LogP contribution in [-0.2, 0) is 10.0 Å². The fourth-order valence-corrected chi connectivity index (χ4v) is 5.40. The topological polar surface area (TPSA) is 54.0 Å². The largest absolute Gasteiger partial charge is 0.336 e. The van der Waals surface area contributed by atoms with E-state index in [9.17, 15) is 8.42 Å². The molecule has 0 amide bonds. The van der Waals surface area contributed by atoms with Gasteiger partial charge in [-0.25, -0.2) is 8.42 Å². The third-order valence-corrected chi connectivity index (χ3v) is 7.09. The van der Waals surface area contributed by atoms with Crippen molar-refractivity contribution in [3.63, 3.8) is 0 Å². The van der Waals surface area contributed by atoms with Crippen LogP contribution in [0.4, 0.5) is 5.69 Å². The number of halogens is 1. The van der Waals surface area contributed by atoms with Gasteiger partial charge in [0.2, 0.25) is 0 Å². The molecular formula is C19H24BrN2O2S+. The van der Waals surface area contributed by atoms with Crippen molar-refractivity contribution in [2.75, 3.05) is 17.9 Å². The fraction of sp³-hybridized carbons (Fsp3) is 0.368. The molecule has 0 saturated carbocycles. The standard InChI is InChI=1S/C19H23BrN2O2S/c1-3-4-7-12-21-19-15-8-5-6-9-17(15)22(2)25(23,24)18-13-14(20)10-11-16(18)19/h5-6,8-11,13,19,21H,3-4,7,12H2,1-2H3/p+1. The normalized spacial score (nSPS) is 18.4. The Balaban J connectivity index is 2.15. The maximum absolute atomic E-state index is 13.2. The molecule has 2 aromatic carbocycles. The van der Waals surface area contributed by atoms with Crippen LogP contribution in [0.1, 0.15) is 43.4 Å². The van der Waals surface area contributed by atoms with Gasteiger partial charge < -0.3 is 5.32 Å². The average molecular weight is 424 g/mol. The van der Waals surface area contributed by atoms with Gasteiger partial charge in [-0.15, -0.1) is 0 Å². The predicted molar refractivity (Wildman–Crippen MR) is 104 cm³/mol. The number of nitrogens with zero attached hydrogens (tertiary/aromatic N) is 1. The molecule has 134 valence electrons. The van der Waals surface area contributed by atoms with E-state index in [1.165, 1.54) is 17.1 Å². The lowest BCUT2D eigenvalue weighted by atomic mass is 9.96. The molecular weight excluding hydrogens is 400 g/mol. The van der Waals surface area contributed by atoms with E-state index in [1.807, 2.05) is 36.4 Å². The van der Waals surface area contributed by atoms with E-state index in [4.69, 9.17) is 0 Å². The summed E-state index contributed by atoms with van der Waals surface area (Å²) in [4.78, 5) is 0.386. The van der Waals surface area contributed by atoms with Crippen LogP contribution >= 0.6 is 15.9 Å². The van der Waals surface area contributed by atoms with Gasteiger partial charge in [-0.1, -0.05) is 53.5 Å². The van der Waals surface area contributed by atoms with Crippen molar-refractivity contribution in [3.05, 3.63) is 58.1 Å². The number of unbranched alkanes of at least 4 members (excludes halogenated alkanes) is 2. The molecule has 0 saturated heterocycles. The van der Waals surface area contributed by atoms with Crippen LogP contribution in [0.2, 0.25) is 0 Å². The number of fused-ring (bicyclic) bond motifs is 2. The summed E-state index contributed by atoms with van der Waals surface area (Å²) in [6.45, 7) is 3.17. The maximum Gasteiger partial charge on any atom is 0.264 e. The van der Waals surface area contributed by atoms with Gasteiger partial charge in [-0.2, -0.15) is 0 Å². The number of para-hydroxylation sites is 1. The van der Waals surface area contributed by atoms with E-state index in [2.05, 4.69) is 28.2 Å². The summed E-state index contributed by atoms with van der Waals surface area (Å²) in [5.41, 5.74) is 2.66. The summed E-state index contributed by atoms with van der Waals surface area (Å²) < 4.78 is 28.5. The van der Waals surface area contributed by atoms with Gasteiger partial charge in [-0.05, 0) is 31.0 Å². The molecule has 0 spiro atoms. The molecule has 0 radical (unpaired) electrons. The summed E-state index contributed by atoms with van der Waals surface area (Å²) in [7, 11) is -1.94. The van der Waals surface area contributed by atoms with Crippen LogP contribution in [0, 0.1) is 0 Å². The van der Waals surface area contributed by atoms with Crippen LogP contribution in [0.25, 0.3) is 0 Å². The van der Waals surface area contributed by atoms with Crippen LogP contribution < -0.4 is 9.62 Å². The van der Waals surface area contributed by atoms with E-state index in [0.29, 0.717) is 4.90 Å². The molecule has 0 bridgehead atoms. The van der Waals surface area contributed by atoms with Gasteiger partial charge in [0.1, 0.15) is 6.04 Å². The predicted octanol–water partition coefficient (Wildman–Crippen LogP) is 3.43. The number of sulfonamides is 1. The zero-order chi connectivity index (χ0) is 18.0. The first-order valence-electron chi connectivity index (χ1n) is 8.67. The summed E-state index contributed by atoms with van der Waals surface area (Å²) in [6.07, 6.45) is 3.50. The number of quaternary nitrogens is 1. The van der Waals surface area contributed by atoms with Crippen LogP contribution in [0.5, 0.6) is 0 Å². The molecule has 1 aliphatic rings. The molecule has 25 heavy (non-hydrogen) atoms. The highest BCUT2D eigenvalue weighted by Gasteiger charge is 2.36. The Kier molecular flexibility index (Phi) is 5.51. The van der Waals surface area contributed by atoms with E-state index < -0.39 is 10.0 Å². The molecule has 1 aliphatic heterocycles. The van der Waals surface area contributed by atoms with Gasteiger partial charge in [-0.3, -0.25) is 4.31 Å². The zero-order valence-corrected chi connectivity index (χ0v) is 17.0. The Labute approximate surface area is 158 Å². The molecule has 3 rings (SSSR count). The van der Waals surface area contributed by atoms with E-state index in [1.54, 1.807) is 13.1 Å². The molecule has 1 unspecified atom stereocenters. The fourth-order valence-electron chi connectivity index (χ4n) is 3.40. The minimum absolute atomic E-state index is 0.0177. The van der Waals surface area contributed by atoms with Crippen molar-refractivity contribution in [2.45, 2.75) is 37.1 Å². The minimum atomic E-state index is -3.58. The molecule has 6 heteroatoms. The monoisotopic (exact) mass is 423 g/mol. The highest BCUT2D eigenvalue weighted by atomic mass is 79.9. The lowest BCUT2D eigenvalue weighted by Gasteiger charge is -2.20. The van der Waals surface area contributed by atoms with Gasteiger partial charge in [0.15, 0.2) is 0 Å². The van der Waals surface area contributed by atoms with Gasteiger partial charge in [0.25, 0.3) is 10.0 Å². The SMILES string of the molecule is CCCCC[NH2+]C1c2ccccc2N(C)S(=O)(=O)c2cc(Br)ccc21. The molecule has 2 N–H and O–H groups in total. The van der Waals surface area contributed by atoms with Crippen molar-refractivity contribution >= 4 is 31.6 Å². The molecule has 1 heterocycles. The van der Waals surface area contributed by atoms with E-state index in [0.717, 1.165) is 34.3 Å². The Morgan fingerprint density at radius 2 is 1.88 bits per heavy atom. The first-order chi connectivity index (χ1) is 12.0. The Bertz CT molecular complexity index is 867. The second-order valence-corrected chi connectivity index (χ2v) is 9.28. The number of anilines is 1. The van der Waals surface area contributed by atoms with Crippen molar-refractivity contribution in [1.29, 1.82) is 0 Å². The molecule has 1 atom stereocenters. The summed E-state index contributed by atoms with van der Waals surface area (Å²) >= 11 is 3.42. The maximum atomic E-state index is 13.2. The second kappa shape index (κ2) is 7.48. The van der Waals surface area contributed by atoms with Crippen LogP contribution in [0.15, 0.2) is 51.8 Å². The number of rotatable bonds is 5. The summed E-state index contributed by atoms with van der Waals surface area (Å²) in [6, 6.07) is 13.4. The first-order valence-corrected chi connectivity index (χ1v) is 10.9. The smallest absolute Gasteiger partial charge is 0.264 e. The van der Waals surface area contributed by atoms with Crippen molar-refractivity contribution < 1.29 is 13.7 Å². The third kappa shape index (κ3) is 3.48. The molecule has 0 aliphatic carbocycles. The quantitative estimate of drug-likeness (QED) is 0.748. The highest BCUT2D eigenvalue weighted by Crippen LogP contribution is 2.39. The summed E-state index contributed by atoms with van der Waals surface area (Å²) in [5, 5.41) is 2.27. The molecule has 0 aromatic heterocycles. The Hall–Kier alpha value is -1.37. The van der Waals surface area contributed by atoms with Crippen molar-refractivity contribution in [2.24, 2.45) is 0 Å². The van der Waals surface area contributed by atoms with Crippen molar-refractivity contribution in [1.82, 2.24) is 0 Å². The van der Waals surface area contributed by atoms with E-state index in [-0.39, 0.29) is 6.04 Å². The highest BCUT2D eigenvalue weighted by molar-refractivity contribution is 9.10. The lowest BCUT2D eigenvalue weighted by molar-refractivity contribution is -0.687. The molecule has 0 fully saturated rings. The van der Waals surface area contributed by atoms with Crippen LogP contribution in [0.3, 0.4) is 0 Å². The van der Waals surface area contributed by atoms with E-state index >= 15 is 0 Å². The number of benzene rings is 2. The second-order valence-electron chi connectivity index (χ2n) is 6.42.